The summed E-state index contributed by atoms with van der Waals surface area (Å²) in [6.07, 6.45) is 0. The number of hydrogen-bond donors (Lipinski definition) is 1. The van der Waals surface area contributed by atoms with Crippen LogP contribution in [0.25, 0.3) is 22.4 Å². The molecule has 0 unspecified atom stereocenters. The number of nitro groups is 1. The van der Waals surface area contributed by atoms with Crippen LogP contribution in [0.1, 0.15) is 0 Å². The van der Waals surface area contributed by atoms with Crippen molar-refractivity contribution in [1.82, 2.24) is 9.97 Å². The first-order valence-corrected chi connectivity index (χ1v) is 5.43. The predicted octanol–water partition coefficient (Wildman–Crippen LogP) is 3.14. The third-order valence-electron chi connectivity index (χ3n) is 2.72. The lowest BCUT2D eigenvalue weighted by Crippen LogP contribution is -1.88. The maximum atomic E-state index is 10.7. The van der Waals surface area contributed by atoms with Gasteiger partial charge in [0.25, 0.3) is 5.69 Å². The van der Waals surface area contributed by atoms with Gasteiger partial charge in [0.2, 0.25) is 0 Å². The number of fused-ring (bicyclic) bond motifs is 1. The molecule has 0 bridgehead atoms. The van der Waals surface area contributed by atoms with Crippen LogP contribution in [0.4, 0.5) is 5.69 Å². The van der Waals surface area contributed by atoms with E-state index in [1.54, 1.807) is 12.1 Å². The van der Waals surface area contributed by atoms with E-state index in [-0.39, 0.29) is 5.69 Å². The summed E-state index contributed by atoms with van der Waals surface area (Å²) < 4.78 is 0. The lowest BCUT2D eigenvalue weighted by molar-refractivity contribution is -0.384. The molecule has 0 aliphatic carbocycles. The van der Waals surface area contributed by atoms with Gasteiger partial charge in [-0.1, -0.05) is 24.3 Å². The highest BCUT2D eigenvalue weighted by atomic mass is 16.6. The van der Waals surface area contributed by atoms with Crippen molar-refractivity contribution in [3.8, 4) is 11.4 Å². The molecule has 3 rings (SSSR count). The van der Waals surface area contributed by atoms with Crippen LogP contribution < -0.4 is 0 Å². The lowest BCUT2D eigenvalue weighted by Gasteiger charge is -1.96. The van der Waals surface area contributed by atoms with Crippen molar-refractivity contribution in [3.05, 3.63) is 58.6 Å². The largest absolute Gasteiger partial charge is 0.338 e. The summed E-state index contributed by atoms with van der Waals surface area (Å²) in [5.41, 5.74) is 2.53. The van der Waals surface area contributed by atoms with Gasteiger partial charge >= 0.3 is 0 Å². The van der Waals surface area contributed by atoms with Crippen molar-refractivity contribution < 1.29 is 4.92 Å². The molecule has 88 valence electrons. The molecule has 0 radical (unpaired) electrons. The number of para-hydroxylation sites is 2. The molecule has 1 aromatic heterocycles. The van der Waals surface area contributed by atoms with Crippen LogP contribution in [-0.4, -0.2) is 14.9 Å². The molecular weight excluding hydrogens is 230 g/mol. The fourth-order valence-corrected chi connectivity index (χ4v) is 1.86. The Balaban J connectivity index is 2.13. The van der Waals surface area contributed by atoms with Gasteiger partial charge in [0.1, 0.15) is 5.82 Å². The highest BCUT2D eigenvalue weighted by molar-refractivity contribution is 5.79. The highest BCUT2D eigenvalue weighted by Crippen LogP contribution is 2.23. The van der Waals surface area contributed by atoms with Gasteiger partial charge in [-0.25, -0.2) is 4.98 Å². The second-order valence-electron chi connectivity index (χ2n) is 3.91. The molecule has 3 aromatic rings. The first-order chi connectivity index (χ1) is 8.74. The number of imidazole rings is 1. The Hall–Kier alpha value is -2.69. The van der Waals surface area contributed by atoms with Crippen molar-refractivity contribution in [2.24, 2.45) is 0 Å². The Bertz CT molecular complexity index is 701. The van der Waals surface area contributed by atoms with Crippen molar-refractivity contribution in [2.75, 3.05) is 0 Å². The average Bonchev–Trinajstić information content (AvgIpc) is 2.82. The van der Waals surface area contributed by atoms with E-state index in [1.165, 1.54) is 12.1 Å². The van der Waals surface area contributed by atoms with E-state index in [0.717, 1.165) is 11.0 Å². The molecule has 0 aliphatic rings. The van der Waals surface area contributed by atoms with E-state index in [9.17, 15) is 10.1 Å². The zero-order valence-corrected chi connectivity index (χ0v) is 9.33. The van der Waals surface area contributed by atoms with E-state index < -0.39 is 4.92 Å². The highest BCUT2D eigenvalue weighted by Gasteiger charge is 2.09. The first-order valence-electron chi connectivity index (χ1n) is 5.43. The van der Waals surface area contributed by atoms with Crippen molar-refractivity contribution >= 4 is 16.7 Å². The summed E-state index contributed by atoms with van der Waals surface area (Å²) in [6.45, 7) is 0. The minimum absolute atomic E-state index is 0.0629. The first kappa shape index (κ1) is 10.5. The molecule has 1 N–H and O–H groups in total. The van der Waals surface area contributed by atoms with Gasteiger partial charge in [-0.2, -0.15) is 0 Å². The van der Waals surface area contributed by atoms with E-state index in [4.69, 9.17) is 0 Å². The fraction of sp³-hybridized carbons (Fsp3) is 0. The molecular formula is C13H9N3O2. The molecule has 0 spiro atoms. The standard InChI is InChI=1S/C13H9N3O2/c17-16(18)10-5-3-4-9(8-10)13-14-11-6-1-2-7-12(11)15-13/h1-8H,(H,14,15). The van der Waals surface area contributed by atoms with E-state index in [1.807, 2.05) is 24.3 Å². The zero-order chi connectivity index (χ0) is 12.5. The van der Waals surface area contributed by atoms with Gasteiger partial charge in [0.05, 0.1) is 16.0 Å². The number of hydrogen-bond acceptors (Lipinski definition) is 3. The second-order valence-corrected chi connectivity index (χ2v) is 3.91. The van der Waals surface area contributed by atoms with Crippen LogP contribution >= 0.6 is 0 Å². The monoisotopic (exact) mass is 239 g/mol. The molecule has 5 heteroatoms. The maximum absolute atomic E-state index is 10.7. The number of nitrogens with one attached hydrogen (secondary N) is 1. The topological polar surface area (TPSA) is 71.8 Å². The number of H-pyrrole nitrogens is 1. The number of rotatable bonds is 2. The number of aromatic nitrogens is 2. The summed E-state index contributed by atoms with van der Waals surface area (Å²) >= 11 is 0. The number of non-ortho nitro benzene ring substituents is 1. The van der Waals surface area contributed by atoms with Gasteiger partial charge in [0.15, 0.2) is 0 Å². The Morgan fingerprint density at radius 2 is 1.94 bits per heavy atom. The fourth-order valence-electron chi connectivity index (χ4n) is 1.86. The van der Waals surface area contributed by atoms with E-state index in [0.29, 0.717) is 11.4 Å². The predicted molar refractivity (Wildman–Crippen MR) is 68.2 cm³/mol. The third kappa shape index (κ3) is 1.71. The molecule has 18 heavy (non-hydrogen) atoms. The van der Waals surface area contributed by atoms with Crippen LogP contribution in [0.3, 0.4) is 0 Å². The summed E-state index contributed by atoms with van der Waals surface area (Å²) in [7, 11) is 0. The van der Waals surface area contributed by atoms with Gasteiger partial charge in [0, 0.05) is 17.7 Å². The second kappa shape index (κ2) is 3.96. The van der Waals surface area contributed by atoms with Crippen molar-refractivity contribution in [3.63, 3.8) is 0 Å². The van der Waals surface area contributed by atoms with Crippen LogP contribution in [-0.2, 0) is 0 Å². The van der Waals surface area contributed by atoms with E-state index in [2.05, 4.69) is 9.97 Å². The number of benzene rings is 2. The SMILES string of the molecule is O=[N+]([O-])c1cccc(-c2nc3ccccc3[nH]2)c1. The van der Waals surface area contributed by atoms with E-state index >= 15 is 0 Å². The molecule has 1 heterocycles. The quantitative estimate of drug-likeness (QED) is 0.551. The van der Waals surface area contributed by atoms with Gasteiger partial charge in [-0.3, -0.25) is 10.1 Å². The normalized spacial score (nSPS) is 10.7. The molecule has 0 fully saturated rings. The average molecular weight is 239 g/mol. The van der Waals surface area contributed by atoms with Crippen molar-refractivity contribution in [2.45, 2.75) is 0 Å². The molecule has 5 nitrogen and oxygen atoms in total. The Labute approximate surface area is 102 Å². The smallest absolute Gasteiger partial charge is 0.270 e. The molecule has 0 amide bonds. The van der Waals surface area contributed by atoms with Crippen LogP contribution in [0.15, 0.2) is 48.5 Å². The minimum Gasteiger partial charge on any atom is -0.338 e. The number of nitro benzene ring substituents is 1. The van der Waals surface area contributed by atoms with Gasteiger partial charge < -0.3 is 4.98 Å². The molecule has 0 saturated heterocycles. The van der Waals surface area contributed by atoms with Crippen molar-refractivity contribution in [1.29, 1.82) is 0 Å². The zero-order valence-electron chi connectivity index (χ0n) is 9.33. The van der Waals surface area contributed by atoms with Crippen LogP contribution in [0.2, 0.25) is 0 Å². The molecule has 0 aliphatic heterocycles. The summed E-state index contributed by atoms with van der Waals surface area (Å²) in [6, 6.07) is 14.1. The summed E-state index contributed by atoms with van der Waals surface area (Å²) in [5, 5.41) is 10.7. The molecule has 2 aromatic carbocycles. The third-order valence-corrected chi connectivity index (χ3v) is 2.72. The Morgan fingerprint density at radius 1 is 1.11 bits per heavy atom. The lowest BCUT2D eigenvalue weighted by atomic mass is 10.2. The Kier molecular flexibility index (Phi) is 2.30. The van der Waals surface area contributed by atoms with Crippen LogP contribution in [0, 0.1) is 10.1 Å². The van der Waals surface area contributed by atoms with Gasteiger partial charge in [-0.05, 0) is 12.1 Å². The van der Waals surface area contributed by atoms with Gasteiger partial charge in [-0.15, -0.1) is 0 Å². The molecule has 0 saturated carbocycles. The maximum Gasteiger partial charge on any atom is 0.270 e. The number of nitrogens with zero attached hydrogens (tertiary/aromatic N) is 2. The van der Waals surface area contributed by atoms with Crippen LogP contribution in [0.5, 0.6) is 0 Å². The summed E-state index contributed by atoms with van der Waals surface area (Å²) in [4.78, 5) is 17.9. The number of aromatic amines is 1. The molecule has 0 atom stereocenters. The minimum atomic E-state index is -0.411. The Morgan fingerprint density at radius 3 is 2.72 bits per heavy atom. The summed E-state index contributed by atoms with van der Waals surface area (Å²) in [5.74, 6) is 0.639.